The molecule has 5 nitrogen and oxygen atoms in total. The molecular weight excluding hydrogens is 277 g/mol. The maximum atomic E-state index is 12.8. The highest BCUT2D eigenvalue weighted by Gasteiger charge is 2.36. The van der Waals surface area contributed by atoms with Crippen molar-refractivity contribution in [3.8, 4) is 5.88 Å². The van der Waals surface area contributed by atoms with Gasteiger partial charge >= 0.3 is 6.18 Å². The quantitative estimate of drug-likeness (QED) is 0.823. The Labute approximate surface area is 113 Å². The number of alkyl halides is 3. The fraction of sp³-hybridized carbons (Fsp3) is 0.500. The molecule has 0 bridgehead atoms. The highest BCUT2D eigenvalue weighted by molar-refractivity contribution is 5.62. The lowest BCUT2D eigenvalue weighted by Gasteiger charge is -2.33. The van der Waals surface area contributed by atoms with Crippen LogP contribution < -0.4 is 9.84 Å². The first-order chi connectivity index (χ1) is 9.38. The van der Waals surface area contributed by atoms with Gasteiger partial charge in [-0.15, -0.1) is 0 Å². The van der Waals surface area contributed by atoms with Gasteiger partial charge in [0, 0.05) is 32.1 Å². The first kappa shape index (κ1) is 14.4. The predicted molar refractivity (Wildman–Crippen MR) is 59.9 cm³/mol. The number of carboxylic acid groups (broad SMARTS) is 1. The van der Waals surface area contributed by atoms with Crippen molar-refractivity contribution >= 4 is 6.09 Å². The largest absolute Gasteiger partial charge is 0.530 e. The number of amides is 1. The molecule has 8 heteroatoms. The molecule has 1 aromatic rings. The standard InChI is InChI=1S/C12H13F3N2O3/c13-12(14,15)9-2-1-5-16-10(9)20-8-3-6-17(7-4-8)11(18)19/h1-2,5,8H,3-4,6-7H2,(H,18,19)/p-1. The zero-order valence-electron chi connectivity index (χ0n) is 10.4. The van der Waals surface area contributed by atoms with Gasteiger partial charge in [0.05, 0.1) is 0 Å². The van der Waals surface area contributed by atoms with E-state index in [-0.39, 0.29) is 13.1 Å². The summed E-state index contributed by atoms with van der Waals surface area (Å²) in [5.41, 5.74) is -0.928. The van der Waals surface area contributed by atoms with Gasteiger partial charge in [0.25, 0.3) is 0 Å². The number of ether oxygens (including phenoxy) is 1. The van der Waals surface area contributed by atoms with Crippen LogP contribution in [0.3, 0.4) is 0 Å². The molecule has 0 radical (unpaired) electrons. The third-order valence-corrected chi connectivity index (χ3v) is 3.06. The normalized spacial score (nSPS) is 17.1. The van der Waals surface area contributed by atoms with Crippen molar-refractivity contribution in [2.24, 2.45) is 0 Å². The number of aromatic nitrogens is 1. The second-order valence-corrected chi connectivity index (χ2v) is 4.42. The van der Waals surface area contributed by atoms with Crippen LogP contribution in [0.2, 0.25) is 0 Å². The Morgan fingerprint density at radius 2 is 2.05 bits per heavy atom. The first-order valence-corrected chi connectivity index (χ1v) is 6.02. The molecule has 1 aromatic heterocycles. The van der Waals surface area contributed by atoms with Crippen molar-refractivity contribution in [1.82, 2.24) is 9.88 Å². The molecule has 0 N–H and O–H groups in total. The molecule has 1 fully saturated rings. The van der Waals surface area contributed by atoms with Gasteiger partial charge in [0.2, 0.25) is 5.88 Å². The molecule has 0 spiro atoms. The van der Waals surface area contributed by atoms with Crippen LogP contribution in [0, 0.1) is 0 Å². The second kappa shape index (κ2) is 5.56. The summed E-state index contributed by atoms with van der Waals surface area (Å²) in [6.45, 7) is 0.363. The highest BCUT2D eigenvalue weighted by Crippen LogP contribution is 2.35. The number of piperidine rings is 1. The fourth-order valence-electron chi connectivity index (χ4n) is 2.01. The number of pyridine rings is 1. The molecule has 1 saturated heterocycles. The molecule has 2 rings (SSSR count). The van der Waals surface area contributed by atoms with Crippen molar-refractivity contribution in [3.05, 3.63) is 23.9 Å². The molecule has 1 amide bonds. The summed E-state index contributed by atoms with van der Waals surface area (Å²) in [4.78, 5) is 15.3. The topological polar surface area (TPSA) is 65.5 Å². The van der Waals surface area contributed by atoms with E-state index in [1.165, 1.54) is 12.3 Å². The Morgan fingerprint density at radius 3 is 2.60 bits per heavy atom. The van der Waals surface area contributed by atoms with Crippen LogP contribution in [-0.2, 0) is 6.18 Å². The number of halogens is 3. The average molecular weight is 289 g/mol. The minimum atomic E-state index is -4.53. The van der Waals surface area contributed by atoms with Gasteiger partial charge in [-0.1, -0.05) is 0 Å². The SMILES string of the molecule is O=C([O-])N1CCC(Oc2ncccc2C(F)(F)F)CC1. The number of rotatable bonds is 2. The van der Waals surface area contributed by atoms with Crippen LogP contribution in [-0.4, -0.2) is 35.2 Å². The monoisotopic (exact) mass is 289 g/mol. The molecule has 1 aliphatic rings. The Hall–Kier alpha value is -1.99. The zero-order chi connectivity index (χ0) is 14.8. The Morgan fingerprint density at radius 1 is 1.40 bits per heavy atom. The van der Waals surface area contributed by atoms with Gasteiger partial charge in [0.1, 0.15) is 17.8 Å². The van der Waals surface area contributed by atoms with Crippen molar-refractivity contribution < 1.29 is 27.8 Å². The number of hydrogen-bond donors (Lipinski definition) is 0. The molecule has 0 saturated carbocycles. The molecule has 20 heavy (non-hydrogen) atoms. The van der Waals surface area contributed by atoms with Crippen molar-refractivity contribution in [3.63, 3.8) is 0 Å². The molecular formula is C12H12F3N2O3-. The Balaban J connectivity index is 2.03. The van der Waals surface area contributed by atoms with Crippen molar-refractivity contribution in [1.29, 1.82) is 0 Å². The molecule has 0 aliphatic carbocycles. The van der Waals surface area contributed by atoms with E-state index in [0.717, 1.165) is 11.0 Å². The summed E-state index contributed by atoms with van der Waals surface area (Å²) in [6.07, 6.45) is -4.46. The summed E-state index contributed by atoms with van der Waals surface area (Å²) in [6, 6.07) is 2.09. The molecule has 1 aliphatic heterocycles. The van der Waals surface area contributed by atoms with Crippen LogP contribution in [0.5, 0.6) is 5.88 Å². The maximum Gasteiger partial charge on any atom is 0.421 e. The third kappa shape index (κ3) is 3.31. The molecule has 0 unspecified atom stereocenters. The lowest BCUT2D eigenvalue weighted by atomic mass is 10.1. The van der Waals surface area contributed by atoms with Crippen LogP contribution in [0.15, 0.2) is 18.3 Å². The lowest BCUT2D eigenvalue weighted by molar-refractivity contribution is -0.266. The minimum Gasteiger partial charge on any atom is -0.530 e. The van der Waals surface area contributed by atoms with E-state index in [1.807, 2.05) is 0 Å². The van der Waals surface area contributed by atoms with Crippen molar-refractivity contribution in [2.75, 3.05) is 13.1 Å². The van der Waals surface area contributed by atoms with Gasteiger partial charge in [-0.05, 0) is 12.1 Å². The average Bonchev–Trinajstić information content (AvgIpc) is 2.38. The number of likely N-dealkylation sites (tertiary alicyclic amines) is 1. The summed E-state index contributed by atoms with van der Waals surface area (Å²) in [5, 5.41) is 10.6. The predicted octanol–water partition coefficient (Wildman–Crippen LogP) is 1.29. The van der Waals surface area contributed by atoms with Crippen molar-refractivity contribution in [2.45, 2.75) is 25.1 Å². The molecule has 0 atom stereocenters. The van der Waals surface area contributed by atoms with Crippen LogP contribution in [0.4, 0.5) is 18.0 Å². The van der Waals surface area contributed by atoms with E-state index in [2.05, 4.69) is 4.98 Å². The van der Waals surface area contributed by atoms with Gasteiger partial charge < -0.3 is 19.5 Å². The van der Waals surface area contributed by atoms with Gasteiger partial charge in [-0.25, -0.2) is 4.98 Å². The van der Waals surface area contributed by atoms with Crippen LogP contribution in [0.25, 0.3) is 0 Å². The summed E-state index contributed by atoms with van der Waals surface area (Å²) in [7, 11) is 0. The number of carbonyl (C=O) groups is 1. The van der Waals surface area contributed by atoms with E-state index in [9.17, 15) is 23.1 Å². The zero-order valence-corrected chi connectivity index (χ0v) is 10.4. The van der Waals surface area contributed by atoms with Gasteiger partial charge in [-0.3, -0.25) is 0 Å². The number of carbonyl (C=O) groups excluding carboxylic acids is 1. The summed E-state index contributed by atoms with van der Waals surface area (Å²) >= 11 is 0. The van der Waals surface area contributed by atoms with E-state index < -0.39 is 29.8 Å². The van der Waals surface area contributed by atoms with E-state index >= 15 is 0 Å². The van der Waals surface area contributed by atoms with Crippen LogP contribution >= 0.6 is 0 Å². The van der Waals surface area contributed by atoms with Gasteiger partial charge in [0.15, 0.2) is 0 Å². The smallest absolute Gasteiger partial charge is 0.421 e. The summed E-state index contributed by atoms with van der Waals surface area (Å²) < 4.78 is 43.5. The fourth-order valence-corrected chi connectivity index (χ4v) is 2.01. The highest BCUT2D eigenvalue weighted by atomic mass is 19.4. The van der Waals surface area contributed by atoms with E-state index in [4.69, 9.17) is 4.74 Å². The molecule has 2 heterocycles. The van der Waals surface area contributed by atoms with E-state index in [0.29, 0.717) is 12.8 Å². The van der Waals surface area contributed by atoms with Crippen LogP contribution in [0.1, 0.15) is 18.4 Å². The van der Waals surface area contributed by atoms with Gasteiger partial charge in [-0.2, -0.15) is 13.2 Å². The minimum absolute atomic E-state index is 0.182. The first-order valence-electron chi connectivity index (χ1n) is 6.02. The third-order valence-electron chi connectivity index (χ3n) is 3.06. The maximum absolute atomic E-state index is 12.8. The molecule has 110 valence electrons. The number of nitrogens with zero attached hydrogens (tertiary/aromatic N) is 2. The molecule has 0 aromatic carbocycles. The lowest BCUT2D eigenvalue weighted by Crippen LogP contribution is -2.47. The van der Waals surface area contributed by atoms with E-state index in [1.54, 1.807) is 0 Å². The Kier molecular flexibility index (Phi) is 4.01. The second-order valence-electron chi connectivity index (χ2n) is 4.42. The number of hydrogen-bond acceptors (Lipinski definition) is 4. The Bertz CT molecular complexity index is 485. The summed E-state index contributed by atoms with van der Waals surface area (Å²) in [5.74, 6) is -0.466.